The molecule has 0 atom stereocenters. The summed E-state index contributed by atoms with van der Waals surface area (Å²) in [4.78, 5) is 51.0. The van der Waals surface area contributed by atoms with E-state index in [0.717, 1.165) is 11.3 Å². The lowest BCUT2D eigenvalue weighted by Gasteiger charge is -2.25. The molecule has 3 N–H and O–H groups in total. The molecular weight excluding hydrogens is 446 g/mol. The first-order valence-corrected chi connectivity index (χ1v) is 11.0. The monoisotopic (exact) mass is 469 g/mol. The van der Waals surface area contributed by atoms with Gasteiger partial charge in [-0.15, -0.1) is 0 Å². The number of pyridine rings is 1. The number of Topliss-reactive ketones (excluding diaryl/α,β-unsaturated/α-hetero) is 1. The smallest absolute Gasteiger partial charge is 0.274 e. The fourth-order valence-corrected chi connectivity index (χ4v) is 4.15. The molecule has 1 aliphatic rings. The molecule has 10 heteroatoms. The molecule has 4 heterocycles. The number of hydrogen-bond donors (Lipinski definition) is 3. The molecule has 35 heavy (non-hydrogen) atoms. The molecule has 0 unspecified atom stereocenters. The number of aryl methyl sites for hydroxylation is 1. The van der Waals surface area contributed by atoms with E-state index in [-0.39, 0.29) is 36.4 Å². The van der Waals surface area contributed by atoms with Crippen molar-refractivity contribution < 1.29 is 14.4 Å². The molecule has 0 radical (unpaired) electrons. The predicted molar refractivity (Wildman–Crippen MR) is 130 cm³/mol. The lowest BCUT2D eigenvalue weighted by molar-refractivity contribution is -0.114. The Bertz CT molecular complexity index is 1440. The number of imidazole rings is 1. The Morgan fingerprint density at radius 2 is 1.89 bits per heavy atom. The minimum Gasteiger partial charge on any atom is -0.355 e. The van der Waals surface area contributed by atoms with Crippen LogP contribution in [-0.4, -0.2) is 48.6 Å². The van der Waals surface area contributed by atoms with Crippen LogP contribution in [0.5, 0.6) is 0 Å². The average molecular weight is 470 g/mol. The lowest BCUT2D eigenvalue weighted by atomic mass is 10.0. The number of H-pyrrole nitrogens is 1. The standard InChI is InChI=1S/C25H23N7O3/c1-15(33)28-21-10-16(8-9-26-21)23-24(29-17-6-4-3-5-7-17)22-18(30-23)12-32(13-20(22)34)25(35)19-11-31(2)14-27-19/h3-11,14,29-30H,12-13H2,1-2H3,(H,26,28,33). The van der Waals surface area contributed by atoms with Gasteiger partial charge in [-0.25, -0.2) is 9.97 Å². The maximum atomic E-state index is 13.4. The fraction of sp³-hybridized carbons (Fsp3) is 0.160. The molecule has 1 aliphatic heterocycles. The van der Waals surface area contributed by atoms with Crippen LogP contribution in [0.2, 0.25) is 0 Å². The van der Waals surface area contributed by atoms with Crippen LogP contribution in [0.1, 0.15) is 33.5 Å². The second kappa shape index (κ2) is 8.90. The third-order valence-electron chi connectivity index (χ3n) is 5.65. The molecule has 2 amide bonds. The van der Waals surface area contributed by atoms with Crippen molar-refractivity contribution in [3.63, 3.8) is 0 Å². The summed E-state index contributed by atoms with van der Waals surface area (Å²) in [7, 11) is 1.78. The van der Waals surface area contributed by atoms with Gasteiger partial charge in [0.25, 0.3) is 5.91 Å². The van der Waals surface area contributed by atoms with E-state index in [1.54, 1.807) is 42.5 Å². The van der Waals surface area contributed by atoms with Gasteiger partial charge < -0.3 is 25.1 Å². The summed E-state index contributed by atoms with van der Waals surface area (Å²) < 4.78 is 1.69. The summed E-state index contributed by atoms with van der Waals surface area (Å²) in [5.74, 6) is -0.337. The van der Waals surface area contributed by atoms with Gasteiger partial charge in [0.1, 0.15) is 11.5 Å². The maximum Gasteiger partial charge on any atom is 0.274 e. The summed E-state index contributed by atoms with van der Waals surface area (Å²) >= 11 is 0. The van der Waals surface area contributed by atoms with Gasteiger partial charge in [0.2, 0.25) is 5.91 Å². The largest absolute Gasteiger partial charge is 0.355 e. The van der Waals surface area contributed by atoms with Crippen molar-refractivity contribution in [1.29, 1.82) is 0 Å². The van der Waals surface area contributed by atoms with Gasteiger partial charge in [0, 0.05) is 43.3 Å². The van der Waals surface area contributed by atoms with Crippen LogP contribution < -0.4 is 10.6 Å². The van der Waals surface area contributed by atoms with Gasteiger partial charge >= 0.3 is 0 Å². The predicted octanol–water partition coefficient (Wildman–Crippen LogP) is 3.35. The Morgan fingerprint density at radius 3 is 2.60 bits per heavy atom. The van der Waals surface area contributed by atoms with Crippen molar-refractivity contribution in [2.24, 2.45) is 7.05 Å². The molecule has 0 aliphatic carbocycles. The minimum absolute atomic E-state index is 0.0589. The highest BCUT2D eigenvalue weighted by Gasteiger charge is 2.33. The number of hydrogen-bond acceptors (Lipinski definition) is 6. The molecule has 1 aromatic carbocycles. The normalized spacial score (nSPS) is 12.9. The molecule has 0 spiro atoms. The topological polar surface area (TPSA) is 125 Å². The molecule has 4 aromatic rings. The van der Waals surface area contributed by atoms with E-state index in [1.165, 1.54) is 11.8 Å². The van der Waals surface area contributed by atoms with Crippen LogP contribution in [0, 0.1) is 0 Å². The third kappa shape index (κ3) is 4.41. The van der Waals surface area contributed by atoms with E-state index in [2.05, 4.69) is 25.6 Å². The zero-order chi connectivity index (χ0) is 24.5. The number of aromatic nitrogens is 4. The van der Waals surface area contributed by atoms with Crippen molar-refractivity contribution in [3.8, 4) is 11.3 Å². The van der Waals surface area contributed by atoms with Crippen molar-refractivity contribution in [2.75, 3.05) is 17.2 Å². The number of amides is 2. The number of nitrogens with one attached hydrogen (secondary N) is 3. The van der Waals surface area contributed by atoms with Crippen LogP contribution >= 0.6 is 0 Å². The highest BCUT2D eigenvalue weighted by Crippen LogP contribution is 2.38. The first-order chi connectivity index (χ1) is 16.9. The molecule has 176 valence electrons. The van der Waals surface area contributed by atoms with E-state index in [4.69, 9.17) is 0 Å². The van der Waals surface area contributed by atoms with Gasteiger partial charge in [-0.3, -0.25) is 14.4 Å². The van der Waals surface area contributed by atoms with Crippen LogP contribution in [-0.2, 0) is 18.4 Å². The van der Waals surface area contributed by atoms with E-state index < -0.39 is 0 Å². The highest BCUT2D eigenvalue weighted by atomic mass is 16.2. The number of carbonyl (C=O) groups excluding carboxylic acids is 3. The van der Waals surface area contributed by atoms with Gasteiger partial charge in [-0.1, -0.05) is 18.2 Å². The van der Waals surface area contributed by atoms with Gasteiger partial charge in [-0.2, -0.15) is 0 Å². The number of carbonyl (C=O) groups is 3. The molecule has 0 saturated heterocycles. The third-order valence-corrected chi connectivity index (χ3v) is 5.65. The highest BCUT2D eigenvalue weighted by molar-refractivity contribution is 6.10. The molecular formula is C25H23N7O3. The number of anilines is 3. The van der Waals surface area contributed by atoms with Gasteiger partial charge in [0.15, 0.2) is 5.78 Å². The second-order valence-electron chi connectivity index (χ2n) is 8.34. The Labute approximate surface area is 201 Å². The number of benzene rings is 1. The molecule has 3 aromatic heterocycles. The van der Waals surface area contributed by atoms with Crippen LogP contribution in [0.3, 0.4) is 0 Å². The molecule has 5 rings (SSSR count). The molecule has 0 bridgehead atoms. The summed E-state index contributed by atoms with van der Waals surface area (Å²) in [6.45, 7) is 1.58. The number of nitrogens with zero attached hydrogens (tertiary/aromatic N) is 4. The zero-order valence-corrected chi connectivity index (χ0v) is 19.2. The van der Waals surface area contributed by atoms with E-state index in [0.29, 0.717) is 28.5 Å². The van der Waals surface area contributed by atoms with Crippen molar-refractivity contribution >= 4 is 34.8 Å². The number of fused-ring (bicyclic) bond motifs is 1. The average Bonchev–Trinajstić information content (AvgIpc) is 3.43. The summed E-state index contributed by atoms with van der Waals surface area (Å²) in [5.41, 5.74) is 4.23. The van der Waals surface area contributed by atoms with Crippen LogP contribution in [0.25, 0.3) is 11.3 Å². The quantitative estimate of drug-likeness (QED) is 0.412. The Balaban J connectivity index is 1.57. The first kappa shape index (κ1) is 22.1. The van der Waals surface area contributed by atoms with Crippen LogP contribution in [0.4, 0.5) is 17.2 Å². The first-order valence-electron chi connectivity index (χ1n) is 11.0. The second-order valence-corrected chi connectivity index (χ2v) is 8.34. The summed E-state index contributed by atoms with van der Waals surface area (Å²) in [6.07, 6.45) is 4.77. The Hall–Kier alpha value is -4.73. The molecule has 0 fully saturated rings. The zero-order valence-electron chi connectivity index (χ0n) is 19.2. The fourth-order valence-electron chi connectivity index (χ4n) is 4.15. The molecule has 0 saturated carbocycles. The number of para-hydroxylation sites is 1. The van der Waals surface area contributed by atoms with E-state index in [1.807, 2.05) is 30.3 Å². The summed E-state index contributed by atoms with van der Waals surface area (Å²) in [5, 5.41) is 6.05. The maximum absolute atomic E-state index is 13.4. The van der Waals surface area contributed by atoms with E-state index >= 15 is 0 Å². The molecule has 10 nitrogen and oxygen atoms in total. The summed E-state index contributed by atoms with van der Waals surface area (Å²) in [6, 6.07) is 13.0. The van der Waals surface area contributed by atoms with Crippen molar-refractivity contribution in [3.05, 3.63) is 78.1 Å². The number of aromatic amines is 1. The van der Waals surface area contributed by atoms with Crippen molar-refractivity contribution in [2.45, 2.75) is 13.5 Å². The minimum atomic E-state index is -0.310. The van der Waals surface area contributed by atoms with Crippen molar-refractivity contribution in [1.82, 2.24) is 24.4 Å². The van der Waals surface area contributed by atoms with Gasteiger partial charge in [0.05, 0.1) is 36.4 Å². The van der Waals surface area contributed by atoms with Gasteiger partial charge in [-0.05, 0) is 24.3 Å². The SMILES string of the molecule is CC(=O)Nc1cc(-c2[nH]c3c(c2Nc2ccccc2)C(=O)CN(C(=O)c2cn(C)cn2)C3)ccn1. The number of rotatable bonds is 5. The van der Waals surface area contributed by atoms with Crippen LogP contribution in [0.15, 0.2) is 61.2 Å². The van der Waals surface area contributed by atoms with E-state index in [9.17, 15) is 14.4 Å². The Morgan fingerprint density at radius 1 is 1.09 bits per heavy atom. The number of ketones is 1. The Kier molecular flexibility index (Phi) is 5.61. The lowest BCUT2D eigenvalue weighted by Crippen LogP contribution is -2.39.